The minimum absolute atomic E-state index is 0.108. The number of benzene rings is 1. The molecule has 2 aromatic heterocycles. The molecule has 2 heterocycles. The third-order valence-corrected chi connectivity index (χ3v) is 6.01. The second-order valence-electron chi connectivity index (χ2n) is 8.31. The van der Waals surface area contributed by atoms with Crippen molar-refractivity contribution in [2.24, 2.45) is 0 Å². The predicted molar refractivity (Wildman–Crippen MR) is 131 cm³/mol. The number of nitrogens with one attached hydrogen (secondary N) is 2. The number of carbonyl (C=O) groups excluding carboxylic acids is 1. The summed E-state index contributed by atoms with van der Waals surface area (Å²) in [6.07, 6.45) is 4.15. The zero-order chi connectivity index (χ0) is 24.0. The van der Waals surface area contributed by atoms with Crippen molar-refractivity contribution in [1.29, 1.82) is 0 Å². The molecule has 1 atom stereocenters. The number of H-pyrrole nitrogens is 1. The average molecular weight is 474 g/mol. The summed E-state index contributed by atoms with van der Waals surface area (Å²) < 4.78 is 3.41. The van der Waals surface area contributed by atoms with Gasteiger partial charge in [-0.3, -0.25) is 19.1 Å². The van der Waals surface area contributed by atoms with Gasteiger partial charge in [-0.1, -0.05) is 50.4 Å². The number of aromatic nitrogens is 4. The Morgan fingerprint density at radius 2 is 1.73 bits per heavy atom. The molecule has 0 saturated carbocycles. The quantitative estimate of drug-likeness (QED) is 0.440. The first-order chi connectivity index (χ1) is 15.8. The second kappa shape index (κ2) is 11.3. The Bertz CT molecular complexity index is 1210. The Kier molecular flexibility index (Phi) is 8.49. The zero-order valence-corrected chi connectivity index (χ0v) is 20.2. The molecule has 0 aliphatic carbocycles. The smallest absolute Gasteiger partial charge is 0.330 e. The maximum atomic E-state index is 12.7. The van der Waals surface area contributed by atoms with E-state index in [1.54, 1.807) is 12.1 Å². The number of hydrogen-bond acceptors (Lipinski definition) is 4. The van der Waals surface area contributed by atoms with Gasteiger partial charge in [-0.25, -0.2) is 9.78 Å². The van der Waals surface area contributed by atoms with Crippen molar-refractivity contribution in [3.63, 3.8) is 0 Å². The molecule has 2 N–H and O–H groups in total. The van der Waals surface area contributed by atoms with Crippen LogP contribution in [0.15, 0.2) is 33.9 Å². The maximum Gasteiger partial charge on any atom is 0.330 e. The van der Waals surface area contributed by atoms with Crippen molar-refractivity contribution in [2.75, 3.05) is 0 Å². The van der Waals surface area contributed by atoms with Crippen molar-refractivity contribution in [1.82, 2.24) is 24.4 Å². The lowest BCUT2D eigenvalue weighted by Gasteiger charge is -2.14. The monoisotopic (exact) mass is 473 g/mol. The molecule has 1 unspecified atom stereocenters. The molecule has 0 saturated heterocycles. The molecule has 178 valence electrons. The van der Waals surface area contributed by atoms with Crippen molar-refractivity contribution < 1.29 is 4.79 Å². The molecule has 33 heavy (non-hydrogen) atoms. The summed E-state index contributed by atoms with van der Waals surface area (Å²) in [4.78, 5) is 44.8. The van der Waals surface area contributed by atoms with Gasteiger partial charge in [0.1, 0.15) is 5.82 Å². The van der Waals surface area contributed by atoms with Crippen molar-refractivity contribution in [3.05, 3.63) is 61.5 Å². The van der Waals surface area contributed by atoms with Crippen LogP contribution in [0.25, 0.3) is 11.2 Å². The van der Waals surface area contributed by atoms with E-state index in [4.69, 9.17) is 11.6 Å². The molecule has 3 aromatic rings. The van der Waals surface area contributed by atoms with Crippen LogP contribution >= 0.6 is 11.6 Å². The Balaban J connectivity index is 1.84. The number of imidazole rings is 1. The minimum atomic E-state index is -0.442. The molecular weight excluding hydrogens is 442 g/mol. The lowest BCUT2D eigenvalue weighted by molar-refractivity contribution is -0.121. The standard InChI is InChI=1S/C24H32ClN5O3/c1-4-6-14-29-19(12-13-20(31)26-16(3)17-8-10-18(25)11-9-17)27-22-21(29)23(32)28-24(33)30(22)15-7-5-2/h8-11,16H,4-7,12-15H2,1-3H3,(H,26,31)(H,28,32,33). The third kappa shape index (κ3) is 5.93. The number of hydrogen-bond donors (Lipinski definition) is 2. The van der Waals surface area contributed by atoms with E-state index in [0.29, 0.717) is 41.5 Å². The Hall–Kier alpha value is -2.87. The highest BCUT2D eigenvalue weighted by Crippen LogP contribution is 2.18. The van der Waals surface area contributed by atoms with Crippen LogP contribution in [-0.4, -0.2) is 25.0 Å². The minimum Gasteiger partial charge on any atom is -0.350 e. The fourth-order valence-corrected chi connectivity index (χ4v) is 3.99. The Morgan fingerprint density at radius 3 is 2.36 bits per heavy atom. The highest BCUT2D eigenvalue weighted by Gasteiger charge is 2.19. The Labute approximate surface area is 198 Å². The van der Waals surface area contributed by atoms with Gasteiger partial charge in [0.2, 0.25) is 5.91 Å². The van der Waals surface area contributed by atoms with Crippen LogP contribution in [0.4, 0.5) is 0 Å². The van der Waals surface area contributed by atoms with Crippen molar-refractivity contribution in [2.45, 2.75) is 78.4 Å². The van der Waals surface area contributed by atoms with Crippen LogP contribution in [0, 0.1) is 0 Å². The first kappa shape index (κ1) is 24.8. The molecule has 1 amide bonds. The first-order valence-corrected chi connectivity index (χ1v) is 12.0. The van der Waals surface area contributed by atoms with E-state index in [2.05, 4.69) is 22.2 Å². The van der Waals surface area contributed by atoms with Gasteiger partial charge in [0.25, 0.3) is 5.56 Å². The number of fused-ring (bicyclic) bond motifs is 1. The van der Waals surface area contributed by atoms with Gasteiger partial charge in [0.05, 0.1) is 6.04 Å². The summed E-state index contributed by atoms with van der Waals surface area (Å²) in [5.41, 5.74) is 0.900. The molecule has 8 nitrogen and oxygen atoms in total. The van der Waals surface area contributed by atoms with Gasteiger partial charge >= 0.3 is 5.69 Å². The summed E-state index contributed by atoms with van der Waals surface area (Å²) >= 11 is 5.94. The van der Waals surface area contributed by atoms with Gasteiger partial charge in [0, 0.05) is 31.0 Å². The number of halogens is 1. The number of nitrogens with zero attached hydrogens (tertiary/aromatic N) is 3. The molecular formula is C24H32ClN5O3. The van der Waals surface area contributed by atoms with E-state index in [-0.39, 0.29) is 18.4 Å². The van der Waals surface area contributed by atoms with Crippen LogP contribution in [0.2, 0.25) is 5.02 Å². The Morgan fingerprint density at radius 1 is 1.09 bits per heavy atom. The fraction of sp³-hybridized carbons (Fsp3) is 0.500. The second-order valence-corrected chi connectivity index (χ2v) is 8.75. The molecule has 3 rings (SSSR count). The lowest BCUT2D eigenvalue weighted by Crippen LogP contribution is -2.31. The average Bonchev–Trinajstić information content (AvgIpc) is 3.15. The highest BCUT2D eigenvalue weighted by molar-refractivity contribution is 6.30. The lowest BCUT2D eigenvalue weighted by atomic mass is 10.1. The number of amides is 1. The summed E-state index contributed by atoms with van der Waals surface area (Å²) in [5, 5.41) is 3.65. The molecule has 0 aliphatic rings. The summed E-state index contributed by atoms with van der Waals surface area (Å²) in [6.45, 7) is 7.14. The van der Waals surface area contributed by atoms with Crippen LogP contribution in [-0.2, 0) is 24.3 Å². The summed E-state index contributed by atoms with van der Waals surface area (Å²) in [6, 6.07) is 7.21. The molecule has 1 aromatic carbocycles. The van der Waals surface area contributed by atoms with Crippen molar-refractivity contribution in [3.8, 4) is 0 Å². The van der Waals surface area contributed by atoms with Crippen LogP contribution in [0.1, 0.15) is 70.3 Å². The number of aryl methyl sites for hydroxylation is 3. The molecule has 0 aliphatic heterocycles. The third-order valence-electron chi connectivity index (χ3n) is 5.76. The molecule has 9 heteroatoms. The number of rotatable bonds is 11. The largest absolute Gasteiger partial charge is 0.350 e. The van der Waals surface area contributed by atoms with Crippen LogP contribution in [0.3, 0.4) is 0 Å². The molecule has 0 bridgehead atoms. The van der Waals surface area contributed by atoms with E-state index in [1.807, 2.05) is 30.5 Å². The summed E-state index contributed by atoms with van der Waals surface area (Å²) in [5.74, 6) is 0.540. The van der Waals surface area contributed by atoms with Crippen LogP contribution in [0.5, 0.6) is 0 Å². The number of unbranched alkanes of at least 4 members (excludes halogenated alkanes) is 2. The van der Waals surface area contributed by atoms with E-state index >= 15 is 0 Å². The number of carbonyl (C=O) groups is 1. The summed E-state index contributed by atoms with van der Waals surface area (Å²) in [7, 11) is 0. The zero-order valence-electron chi connectivity index (χ0n) is 19.5. The normalized spacial score (nSPS) is 12.2. The maximum absolute atomic E-state index is 12.7. The number of aromatic amines is 1. The fourth-order valence-electron chi connectivity index (χ4n) is 3.86. The van der Waals surface area contributed by atoms with Crippen molar-refractivity contribution >= 4 is 28.7 Å². The van der Waals surface area contributed by atoms with Gasteiger partial charge in [-0.15, -0.1) is 0 Å². The van der Waals surface area contributed by atoms with Gasteiger partial charge in [-0.2, -0.15) is 0 Å². The topological polar surface area (TPSA) is 102 Å². The van der Waals surface area contributed by atoms with E-state index < -0.39 is 11.2 Å². The predicted octanol–water partition coefficient (Wildman–Crippen LogP) is 3.95. The van der Waals surface area contributed by atoms with E-state index in [9.17, 15) is 14.4 Å². The highest BCUT2D eigenvalue weighted by atomic mass is 35.5. The molecule has 0 fully saturated rings. The van der Waals surface area contributed by atoms with Gasteiger partial charge in [0.15, 0.2) is 11.2 Å². The molecule has 0 spiro atoms. The van der Waals surface area contributed by atoms with E-state index in [0.717, 1.165) is 31.2 Å². The SMILES string of the molecule is CCCCn1c(CCC(=O)NC(C)c2ccc(Cl)cc2)nc2c1c(=O)[nH]c(=O)n2CCCC. The van der Waals surface area contributed by atoms with Gasteiger partial charge < -0.3 is 9.88 Å². The van der Waals surface area contributed by atoms with Gasteiger partial charge in [-0.05, 0) is 37.5 Å². The first-order valence-electron chi connectivity index (χ1n) is 11.6. The van der Waals surface area contributed by atoms with Crippen LogP contribution < -0.4 is 16.6 Å². The molecule has 0 radical (unpaired) electrons. The van der Waals surface area contributed by atoms with E-state index in [1.165, 1.54) is 4.57 Å².